The number of benzene rings is 2. The Balaban J connectivity index is 1.50. The van der Waals surface area contributed by atoms with Crippen LogP contribution in [0.15, 0.2) is 48.5 Å². The third-order valence-corrected chi connectivity index (χ3v) is 4.25. The number of amides is 1. The van der Waals surface area contributed by atoms with Gasteiger partial charge in [0.25, 0.3) is 5.91 Å². The zero-order chi connectivity index (χ0) is 17.8. The molecular formula is C20H23NO4. The van der Waals surface area contributed by atoms with E-state index in [0.717, 1.165) is 11.3 Å². The van der Waals surface area contributed by atoms with Crippen molar-refractivity contribution in [1.82, 2.24) is 4.90 Å². The fraction of sp³-hybridized carbons (Fsp3) is 0.350. The van der Waals surface area contributed by atoms with Gasteiger partial charge in [-0.3, -0.25) is 4.79 Å². The van der Waals surface area contributed by atoms with Crippen molar-refractivity contribution in [2.45, 2.75) is 26.1 Å². The highest BCUT2D eigenvalue weighted by molar-refractivity contribution is 5.81. The first kappa shape index (κ1) is 17.1. The van der Waals surface area contributed by atoms with E-state index >= 15 is 0 Å². The second kappa shape index (κ2) is 7.47. The van der Waals surface area contributed by atoms with E-state index in [1.807, 2.05) is 49.4 Å². The summed E-state index contributed by atoms with van der Waals surface area (Å²) in [5.74, 6) is 2.16. The molecule has 0 N–H and O–H groups in total. The molecule has 1 amide bonds. The third kappa shape index (κ3) is 4.05. The second-order valence-corrected chi connectivity index (χ2v) is 6.19. The van der Waals surface area contributed by atoms with Crippen LogP contribution in [0.2, 0.25) is 0 Å². The monoisotopic (exact) mass is 341 g/mol. The Labute approximate surface area is 148 Å². The number of ether oxygens (including phenoxy) is 3. The first-order valence-electron chi connectivity index (χ1n) is 8.38. The Kier molecular flexibility index (Phi) is 5.12. The van der Waals surface area contributed by atoms with Crippen LogP contribution in [-0.2, 0) is 4.79 Å². The molecule has 0 spiro atoms. The first-order valence-corrected chi connectivity index (χ1v) is 8.38. The van der Waals surface area contributed by atoms with E-state index < -0.39 is 6.10 Å². The molecule has 2 aromatic rings. The van der Waals surface area contributed by atoms with Gasteiger partial charge in [0.2, 0.25) is 0 Å². The van der Waals surface area contributed by atoms with Crippen molar-refractivity contribution in [1.29, 1.82) is 0 Å². The Morgan fingerprint density at radius 3 is 2.56 bits per heavy atom. The summed E-state index contributed by atoms with van der Waals surface area (Å²) in [5, 5.41) is 0. The van der Waals surface area contributed by atoms with Crippen LogP contribution in [0.1, 0.15) is 12.5 Å². The molecule has 1 saturated heterocycles. The molecule has 1 heterocycles. The largest absolute Gasteiger partial charge is 0.497 e. The lowest BCUT2D eigenvalue weighted by Crippen LogP contribution is -2.58. The second-order valence-electron chi connectivity index (χ2n) is 6.19. The van der Waals surface area contributed by atoms with Gasteiger partial charge in [0.1, 0.15) is 23.4 Å². The number of aryl methyl sites for hydroxylation is 1. The normalized spacial score (nSPS) is 15.2. The number of carbonyl (C=O) groups excluding carboxylic acids is 1. The number of likely N-dealkylation sites (tertiary alicyclic amines) is 1. The summed E-state index contributed by atoms with van der Waals surface area (Å²) in [6.07, 6.45) is -0.513. The predicted molar refractivity (Wildman–Crippen MR) is 95.3 cm³/mol. The quantitative estimate of drug-likeness (QED) is 0.810. The molecule has 2 aromatic carbocycles. The summed E-state index contributed by atoms with van der Waals surface area (Å²) in [7, 11) is 1.60. The topological polar surface area (TPSA) is 48.0 Å². The minimum absolute atomic E-state index is 0.0348. The fourth-order valence-electron chi connectivity index (χ4n) is 2.75. The standard InChI is InChI=1S/C20H23NO4/c1-14-7-4-5-10-19(14)25-18-12-21(13-18)20(22)15(2)24-17-9-6-8-16(11-17)23-3/h4-11,15,18H,12-13H2,1-3H3/t15-/m0/s1. The summed E-state index contributed by atoms with van der Waals surface area (Å²) < 4.78 is 16.8. The van der Waals surface area contributed by atoms with Gasteiger partial charge in [-0.2, -0.15) is 0 Å². The molecular weight excluding hydrogens is 318 g/mol. The fourth-order valence-corrected chi connectivity index (χ4v) is 2.75. The summed E-state index contributed by atoms with van der Waals surface area (Å²) in [5.41, 5.74) is 1.10. The molecule has 1 aliphatic heterocycles. The van der Waals surface area contributed by atoms with Crippen LogP contribution < -0.4 is 14.2 Å². The van der Waals surface area contributed by atoms with Gasteiger partial charge in [-0.25, -0.2) is 0 Å². The van der Waals surface area contributed by atoms with Crippen molar-refractivity contribution in [3.8, 4) is 17.2 Å². The van der Waals surface area contributed by atoms with Crippen LogP contribution in [0.3, 0.4) is 0 Å². The van der Waals surface area contributed by atoms with Crippen LogP contribution in [0, 0.1) is 6.92 Å². The molecule has 1 aliphatic rings. The Bertz CT molecular complexity index is 740. The van der Waals surface area contributed by atoms with Crippen LogP contribution in [0.4, 0.5) is 0 Å². The van der Waals surface area contributed by atoms with Gasteiger partial charge in [0.05, 0.1) is 20.2 Å². The number of rotatable bonds is 6. The van der Waals surface area contributed by atoms with Crippen molar-refractivity contribution in [3.05, 3.63) is 54.1 Å². The van der Waals surface area contributed by atoms with E-state index in [1.54, 1.807) is 25.0 Å². The summed E-state index contributed by atoms with van der Waals surface area (Å²) in [4.78, 5) is 14.2. The van der Waals surface area contributed by atoms with E-state index in [2.05, 4.69) is 0 Å². The maximum absolute atomic E-state index is 12.5. The van der Waals surface area contributed by atoms with Crippen LogP contribution in [0.5, 0.6) is 17.2 Å². The first-order chi connectivity index (χ1) is 12.1. The maximum Gasteiger partial charge on any atom is 0.263 e. The number of carbonyl (C=O) groups is 1. The number of methoxy groups -OCH3 is 1. The number of nitrogens with zero attached hydrogens (tertiary/aromatic N) is 1. The maximum atomic E-state index is 12.5. The number of hydrogen-bond donors (Lipinski definition) is 0. The van der Waals surface area contributed by atoms with Crippen molar-refractivity contribution < 1.29 is 19.0 Å². The lowest BCUT2D eigenvalue weighted by molar-refractivity contribution is -0.146. The molecule has 0 aliphatic carbocycles. The van der Waals surface area contributed by atoms with Gasteiger partial charge >= 0.3 is 0 Å². The van der Waals surface area contributed by atoms with Gasteiger partial charge in [0.15, 0.2) is 6.10 Å². The Morgan fingerprint density at radius 2 is 1.84 bits per heavy atom. The molecule has 0 aromatic heterocycles. The highest BCUT2D eigenvalue weighted by atomic mass is 16.5. The van der Waals surface area contributed by atoms with E-state index in [1.165, 1.54) is 0 Å². The number of para-hydroxylation sites is 1. The van der Waals surface area contributed by atoms with Crippen LogP contribution in [-0.4, -0.2) is 43.2 Å². The molecule has 1 fully saturated rings. The SMILES string of the molecule is COc1cccc(O[C@@H](C)C(=O)N2CC(Oc3ccccc3C)C2)c1. The molecule has 25 heavy (non-hydrogen) atoms. The molecule has 5 nitrogen and oxygen atoms in total. The minimum Gasteiger partial charge on any atom is -0.497 e. The molecule has 0 unspecified atom stereocenters. The summed E-state index contributed by atoms with van der Waals surface area (Å²) in [6.45, 7) is 4.94. The lowest BCUT2D eigenvalue weighted by Gasteiger charge is -2.40. The lowest BCUT2D eigenvalue weighted by atomic mass is 10.1. The van der Waals surface area contributed by atoms with Crippen LogP contribution in [0.25, 0.3) is 0 Å². The summed E-state index contributed by atoms with van der Waals surface area (Å²) in [6, 6.07) is 15.2. The Morgan fingerprint density at radius 1 is 1.12 bits per heavy atom. The molecule has 3 rings (SSSR count). The molecule has 0 radical (unpaired) electrons. The molecule has 5 heteroatoms. The molecule has 132 valence electrons. The van der Waals surface area contributed by atoms with Gasteiger partial charge in [0, 0.05) is 6.07 Å². The average Bonchev–Trinajstić information content (AvgIpc) is 2.58. The molecule has 0 bridgehead atoms. The Hall–Kier alpha value is -2.69. The zero-order valence-corrected chi connectivity index (χ0v) is 14.8. The van der Waals surface area contributed by atoms with Crippen molar-refractivity contribution in [2.75, 3.05) is 20.2 Å². The molecule has 1 atom stereocenters. The van der Waals surface area contributed by atoms with E-state index in [0.29, 0.717) is 24.6 Å². The third-order valence-electron chi connectivity index (χ3n) is 4.25. The van der Waals surface area contributed by atoms with Gasteiger partial charge in [-0.1, -0.05) is 24.3 Å². The van der Waals surface area contributed by atoms with Gasteiger partial charge in [-0.15, -0.1) is 0 Å². The average molecular weight is 341 g/mol. The molecule has 0 saturated carbocycles. The van der Waals surface area contributed by atoms with Crippen molar-refractivity contribution in [3.63, 3.8) is 0 Å². The highest BCUT2D eigenvalue weighted by Gasteiger charge is 2.35. The van der Waals surface area contributed by atoms with Crippen molar-refractivity contribution in [2.24, 2.45) is 0 Å². The summed E-state index contributed by atoms with van der Waals surface area (Å²) >= 11 is 0. The number of hydrogen-bond acceptors (Lipinski definition) is 4. The van der Waals surface area contributed by atoms with Crippen LogP contribution >= 0.6 is 0 Å². The highest BCUT2D eigenvalue weighted by Crippen LogP contribution is 2.24. The van der Waals surface area contributed by atoms with E-state index in [4.69, 9.17) is 14.2 Å². The smallest absolute Gasteiger partial charge is 0.263 e. The van der Waals surface area contributed by atoms with E-state index in [9.17, 15) is 4.79 Å². The van der Waals surface area contributed by atoms with Gasteiger partial charge < -0.3 is 19.1 Å². The van der Waals surface area contributed by atoms with E-state index in [-0.39, 0.29) is 12.0 Å². The van der Waals surface area contributed by atoms with Gasteiger partial charge in [-0.05, 0) is 37.6 Å². The van der Waals surface area contributed by atoms with Crippen molar-refractivity contribution >= 4 is 5.91 Å². The predicted octanol–water partition coefficient (Wildman–Crippen LogP) is 3.06. The zero-order valence-electron chi connectivity index (χ0n) is 14.8. The minimum atomic E-state index is -0.550.